The topological polar surface area (TPSA) is 150 Å². The molecule has 0 aliphatic rings. The maximum absolute atomic E-state index is 12.3. The second-order valence-corrected chi connectivity index (χ2v) is 8.19. The molecule has 36 heavy (non-hydrogen) atoms. The molecule has 0 saturated carbocycles. The number of nitrogens with zero attached hydrogens (tertiary/aromatic N) is 2. The maximum atomic E-state index is 12.3. The van der Waals surface area contributed by atoms with E-state index in [-0.39, 0.29) is 29.7 Å². The predicted molar refractivity (Wildman–Crippen MR) is 135 cm³/mol. The van der Waals surface area contributed by atoms with E-state index in [4.69, 9.17) is 0 Å². The first-order valence-electron chi connectivity index (χ1n) is 11.1. The Bertz CT molecular complexity index is 1430. The summed E-state index contributed by atoms with van der Waals surface area (Å²) in [7, 11) is 0. The lowest BCUT2D eigenvalue weighted by Gasteiger charge is -2.22. The summed E-state index contributed by atoms with van der Waals surface area (Å²) in [6.45, 7) is 1.81. The fourth-order valence-electron chi connectivity index (χ4n) is 3.63. The summed E-state index contributed by atoms with van der Waals surface area (Å²) in [6, 6.07) is 12.1. The molecule has 2 atom stereocenters. The number of pyridine rings is 2. The van der Waals surface area contributed by atoms with E-state index in [1.54, 1.807) is 68.0 Å². The highest BCUT2D eigenvalue weighted by Crippen LogP contribution is 2.23. The highest BCUT2D eigenvalue weighted by Gasteiger charge is 2.27. The van der Waals surface area contributed by atoms with Gasteiger partial charge in [-0.15, -0.1) is 0 Å². The van der Waals surface area contributed by atoms with Gasteiger partial charge in [0.15, 0.2) is 0 Å². The molecule has 10 heteroatoms. The second-order valence-electron chi connectivity index (χ2n) is 8.19. The number of nitrogens with one attached hydrogen (secondary N) is 3. The second kappa shape index (κ2) is 10.6. The Morgan fingerprint density at radius 2 is 1.53 bits per heavy atom. The SMILES string of the molecule is CC(Nc1c(N[C@@H](Cc2ccc(NC(=O)c3cccnc3)cc2)C(=O)O)c(=O)c1=O)c1cccnc1. The largest absolute Gasteiger partial charge is 0.480 e. The summed E-state index contributed by atoms with van der Waals surface area (Å²) in [4.78, 5) is 56.5. The van der Waals surface area contributed by atoms with Crippen molar-refractivity contribution in [2.24, 2.45) is 0 Å². The number of aliphatic carboxylic acids is 1. The fraction of sp³-hybridized carbons (Fsp3) is 0.154. The molecule has 0 bridgehead atoms. The van der Waals surface area contributed by atoms with Crippen LogP contribution in [0.4, 0.5) is 17.1 Å². The van der Waals surface area contributed by atoms with Gasteiger partial charge in [-0.1, -0.05) is 18.2 Å². The van der Waals surface area contributed by atoms with Gasteiger partial charge in [-0.2, -0.15) is 0 Å². The molecule has 2 heterocycles. The molecule has 182 valence electrons. The first-order valence-corrected chi connectivity index (χ1v) is 11.1. The first kappa shape index (κ1) is 24.3. The van der Waals surface area contributed by atoms with E-state index in [0.717, 1.165) is 5.56 Å². The van der Waals surface area contributed by atoms with Crippen molar-refractivity contribution in [3.05, 3.63) is 110 Å². The van der Waals surface area contributed by atoms with Gasteiger partial charge in [-0.25, -0.2) is 4.79 Å². The third-order valence-electron chi connectivity index (χ3n) is 5.65. The van der Waals surface area contributed by atoms with Gasteiger partial charge in [0.2, 0.25) is 0 Å². The van der Waals surface area contributed by atoms with Crippen LogP contribution in [-0.4, -0.2) is 33.0 Å². The molecule has 4 aromatic rings. The molecule has 2 aromatic carbocycles. The number of carboxylic acid groups (broad SMARTS) is 1. The number of hydrogen-bond donors (Lipinski definition) is 4. The van der Waals surface area contributed by atoms with Crippen LogP contribution in [0, 0.1) is 0 Å². The number of carbonyl (C=O) groups is 2. The van der Waals surface area contributed by atoms with Crippen LogP contribution in [0.3, 0.4) is 0 Å². The Labute approximate surface area is 205 Å². The Hall–Kier alpha value is -4.86. The van der Waals surface area contributed by atoms with Crippen molar-refractivity contribution in [3.63, 3.8) is 0 Å². The molecule has 4 rings (SSSR count). The normalized spacial score (nSPS) is 12.5. The number of rotatable bonds is 10. The van der Waals surface area contributed by atoms with Crippen LogP contribution in [0.15, 0.2) is 82.9 Å². The minimum Gasteiger partial charge on any atom is -0.480 e. The summed E-state index contributed by atoms with van der Waals surface area (Å²) >= 11 is 0. The lowest BCUT2D eigenvalue weighted by atomic mass is 10.0. The van der Waals surface area contributed by atoms with Crippen molar-refractivity contribution in [3.8, 4) is 0 Å². The third kappa shape index (κ3) is 5.44. The number of hydrogen-bond acceptors (Lipinski definition) is 8. The molecule has 1 unspecified atom stereocenters. The molecule has 10 nitrogen and oxygen atoms in total. The Morgan fingerprint density at radius 3 is 2.11 bits per heavy atom. The lowest BCUT2D eigenvalue weighted by molar-refractivity contribution is -0.137. The van der Waals surface area contributed by atoms with Crippen LogP contribution >= 0.6 is 0 Å². The zero-order chi connectivity index (χ0) is 25.7. The van der Waals surface area contributed by atoms with Crippen molar-refractivity contribution in [1.29, 1.82) is 0 Å². The van der Waals surface area contributed by atoms with Crippen LogP contribution in [-0.2, 0) is 11.2 Å². The molecule has 0 aliphatic carbocycles. The van der Waals surface area contributed by atoms with Crippen molar-refractivity contribution in [2.75, 3.05) is 16.0 Å². The number of amides is 1. The molecule has 4 N–H and O–H groups in total. The minimum atomic E-state index is -1.18. The number of benzene rings is 1. The number of anilines is 3. The van der Waals surface area contributed by atoms with Gasteiger partial charge in [0, 0.05) is 36.9 Å². The van der Waals surface area contributed by atoms with E-state index in [9.17, 15) is 24.3 Å². The molecule has 1 amide bonds. The molecule has 0 saturated heterocycles. The fourth-order valence-corrected chi connectivity index (χ4v) is 3.63. The monoisotopic (exact) mass is 485 g/mol. The van der Waals surface area contributed by atoms with Gasteiger partial charge in [0.05, 0.1) is 11.6 Å². The highest BCUT2D eigenvalue weighted by atomic mass is 16.4. The van der Waals surface area contributed by atoms with Crippen molar-refractivity contribution >= 4 is 28.9 Å². The summed E-state index contributed by atoms with van der Waals surface area (Å²) in [5.74, 6) is -1.50. The number of aromatic nitrogens is 2. The van der Waals surface area contributed by atoms with Gasteiger partial charge in [-0.3, -0.25) is 24.4 Å². The molecule has 0 spiro atoms. The Morgan fingerprint density at radius 1 is 0.889 bits per heavy atom. The van der Waals surface area contributed by atoms with E-state index >= 15 is 0 Å². The average Bonchev–Trinajstić information content (AvgIpc) is 2.91. The highest BCUT2D eigenvalue weighted by molar-refractivity contribution is 6.04. The Kier molecular flexibility index (Phi) is 7.15. The van der Waals surface area contributed by atoms with Crippen LogP contribution in [0.1, 0.15) is 34.5 Å². The Balaban J connectivity index is 1.43. The van der Waals surface area contributed by atoms with Crippen molar-refractivity contribution < 1.29 is 14.7 Å². The first-order chi connectivity index (χ1) is 17.3. The standard InChI is InChI=1S/C26H23N5O5/c1-15(17-4-2-10-27-13-17)29-21-22(24(33)23(21)32)31-20(26(35)36)12-16-6-8-19(9-7-16)30-25(34)18-5-3-11-28-14-18/h2-11,13-15,20,29,31H,12H2,1H3,(H,30,34)(H,35,36)/t15?,20-/m0/s1. The van der Waals surface area contributed by atoms with E-state index in [2.05, 4.69) is 25.9 Å². The minimum absolute atomic E-state index is 0.0442. The zero-order valence-electron chi connectivity index (χ0n) is 19.3. The smallest absolute Gasteiger partial charge is 0.326 e. The van der Waals surface area contributed by atoms with Crippen LogP contribution in [0.5, 0.6) is 0 Å². The van der Waals surface area contributed by atoms with Crippen molar-refractivity contribution in [1.82, 2.24) is 9.97 Å². The van der Waals surface area contributed by atoms with E-state index in [1.165, 1.54) is 6.20 Å². The number of carbonyl (C=O) groups excluding carboxylic acids is 1. The van der Waals surface area contributed by atoms with Gasteiger partial charge in [-0.05, 0) is 48.4 Å². The number of carboxylic acids is 1. The average molecular weight is 486 g/mol. The summed E-state index contributed by atoms with van der Waals surface area (Å²) in [6.07, 6.45) is 6.33. The van der Waals surface area contributed by atoms with Crippen LogP contribution in [0.2, 0.25) is 0 Å². The van der Waals surface area contributed by atoms with E-state index < -0.39 is 22.9 Å². The quantitative estimate of drug-likeness (QED) is 0.249. The van der Waals surface area contributed by atoms with Gasteiger partial charge < -0.3 is 21.1 Å². The van der Waals surface area contributed by atoms with Crippen molar-refractivity contribution in [2.45, 2.75) is 25.4 Å². The molecule has 0 fully saturated rings. The summed E-state index contributed by atoms with van der Waals surface area (Å²) in [5, 5.41) is 18.2. The predicted octanol–water partition coefficient (Wildman–Crippen LogP) is 2.61. The molecular formula is C26H23N5O5. The summed E-state index contributed by atoms with van der Waals surface area (Å²) < 4.78 is 0. The molecule has 2 aromatic heterocycles. The van der Waals surface area contributed by atoms with Crippen LogP contribution < -0.4 is 26.8 Å². The lowest BCUT2D eigenvalue weighted by Crippen LogP contribution is -2.42. The maximum Gasteiger partial charge on any atom is 0.326 e. The van der Waals surface area contributed by atoms with E-state index in [0.29, 0.717) is 16.8 Å². The van der Waals surface area contributed by atoms with E-state index in [1.807, 2.05) is 6.07 Å². The van der Waals surface area contributed by atoms with Crippen LogP contribution in [0.25, 0.3) is 0 Å². The van der Waals surface area contributed by atoms with Gasteiger partial charge in [0.1, 0.15) is 17.4 Å². The molecular weight excluding hydrogens is 462 g/mol. The molecule has 0 aliphatic heterocycles. The van der Waals surface area contributed by atoms with Gasteiger partial charge in [0.25, 0.3) is 16.8 Å². The zero-order valence-corrected chi connectivity index (χ0v) is 19.3. The molecule has 0 radical (unpaired) electrons. The van der Waals surface area contributed by atoms with Gasteiger partial charge >= 0.3 is 5.97 Å². The summed E-state index contributed by atoms with van der Waals surface area (Å²) in [5.41, 5.74) is 0.937. The third-order valence-corrected chi connectivity index (χ3v) is 5.65.